The number of nitrogens with zero attached hydrogens (tertiary/aromatic N) is 2. The molecule has 1 saturated carbocycles. The van der Waals surface area contributed by atoms with Gasteiger partial charge < -0.3 is 10.6 Å². The Morgan fingerprint density at radius 2 is 1.70 bits per heavy atom. The number of rotatable bonds is 4. The molecule has 2 aromatic rings. The summed E-state index contributed by atoms with van der Waals surface area (Å²) in [5.41, 5.74) is -0.172. The molecule has 7 heteroatoms. The first-order valence-corrected chi connectivity index (χ1v) is 7.55. The van der Waals surface area contributed by atoms with Gasteiger partial charge >= 0.3 is 0 Å². The molecule has 0 radical (unpaired) electrons. The Morgan fingerprint density at radius 1 is 1.00 bits per heavy atom. The van der Waals surface area contributed by atoms with Crippen molar-refractivity contribution < 1.29 is 13.2 Å². The summed E-state index contributed by atoms with van der Waals surface area (Å²) >= 11 is 0. The van der Waals surface area contributed by atoms with E-state index in [9.17, 15) is 13.2 Å². The van der Waals surface area contributed by atoms with Gasteiger partial charge in [0.1, 0.15) is 17.5 Å². The van der Waals surface area contributed by atoms with Crippen molar-refractivity contribution in [2.45, 2.75) is 38.6 Å². The zero-order valence-electron chi connectivity index (χ0n) is 12.7. The van der Waals surface area contributed by atoms with Crippen molar-refractivity contribution in [1.82, 2.24) is 9.97 Å². The van der Waals surface area contributed by atoms with Crippen LogP contribution < -0.4 is 10.6 Å². The molecule has 1 aromatic carbocycles. The van der Waals surface area contributed by atoms with Crippen LogP contribution in [-0.2, 0) is 0 Å². The third-order valence-electron chi connectivity index (χ3n) is 3.84. The Bertz CT molecular complexity index is 715. The minimum Gasteiger partial charge on any atom is -0.367 e. The lowest BCUT2D eigenvalue weighted by Gasteiger charge is -2.14. The van der Waals surface area contributed by atoms with Crippen molar-refractivity contribution >= 4 is 17.3 Å². The van der Waals surface area contributed by atoms with E-state index in [0.717, 1.165) is 25.0 Å². The molecule has 0 amide bonds. The average Bonchev–Trinajstić information content (AvgIpc) is 3.00. The molecule has 1 aliphatic rings. The topological polar surface area (TPSA) is 49.8 Å². The normalized spacial score (nSPS) is 15.0. The van der Waals surface area contributed by atoms with Crippen LogP contribution in [0.5, 0.6) is 0 Å². The molecule has 0 bridgehead atoms. The Morgan fingerprint density at radius 3 is 2.43 bits per heavy atom. The van der Waals surface area contributed by atoms with E-state index >= 15 is 0 Å². The summed E-state index contributed by atoms with van der Waals surface area (Å²) in [6.45, 7) is 1.71. The standard InChI is InChI=1S/C16H17F3N4/c1-9-20-13(22-10-4-2-3-5-10)8-14(21-9)23-12-7-6-11(17)15(18)16(12)19/h6-8,10H,2-5H2,1H3,(H2,20,21,22,23). The molecular weight excluding hydrogens is 305 g/mol. The van der Waals surface area contributed by atoms with E-state index in [1.807, 2.05) is 0 Å². The molecule has 4 nitrogen and oxygen atoms in total. The predicted molar refractivity (Wildman–Crippen MR) is 82.2 cm³/mol. The molecular formula is C16H17F3N4. The van der Waals surface area contributed by atoms with E-state index in [0.29, 0.717) is 23.5 Å². The van der Waals surface area contributed by atoms with Gasteiger partial charge in [-0.05, 0) is 31.9 Å². The van der Waals surface area contributed by atoms with E-state index in [1.54, 1.807) is 13.0 Å². The molecule has 122 valence electrons. The van der Waals surface area contributed by atoms with Crippen LogP contribution in [0.4, 0.5) is 30.5 Å². The molecule has 1 aromatic heterocycles. The number of aryl methyl sites for hydroxylation is 1. The lowest BCUT2D eigenvalue weighted by molar-refractivity contribution is 0.449. The Labute approximate surface area is 132 Å². The molecule has 1 fully saturated rings. The number of halogens is 3. The van der Waals surface area contributed by atoms with Crippen molar-refractivity contribution in [3.05, 3.63) is 41.5 Å². The lowest BCUT2D eigenvalue weighted by Crippen LogP contribution is -2.16. The second kappa shape index (κ2) is 6.44. The highest BCUT2D eigenvalue weighted by Gasteiger charge is 2.17. The van der Waals surface area contributed by atoms with Crippen molar-refractivity contribution in [2.24, 2.45) is 0 Å². The van der Waals surface area contributed by atoms with Crippen LogP contribution in [0.2, 0.25) is 0 Å². The van der Waals surface area contributed by atoms with Gasteiger partial charge in [0.05, 0.1) is 5.69 Å². The molecule has 0 unspecified atom stereocenters. The maximum Gasteiger partial charge on any atom is 0.196 e. The van der Waals surface area contributed by atoms with Gasteiger partial charge in [0.2, 0.25) is 0 Å². The van der Waals surface area contributed by atoms with Crippen LogP contribution in [0.15, 0.2) is 18.2 Å². The zero-order chi connectivity index (χ0) is 16.4. The number of hydrogen-bond acceptors (Lipinski definition) is 4. The predicted octanol–water partition coefficient (Wildman–Crippen LogP) is 4.30. The average molecular weight is 322 g/mol. The zero-order valence-corrected chi connectivity index (χ0v) is 12.7. The van der Waals surface area contributed by atoms with E-state index < -0.39 is 17.5 Å². The fourth-order valence-electron chi connectivity index (χ4n) is 2.75. The monoisotopic (exact) mass is 322 g/mol. The number of anilines is 3. The van der Waals surface area contributed by atoms with Crippen LogP contribution >= 0.6 is 0 Å². The summed E-state index contributed by atoms with van der Waals surface area (Å²) in [6.07, 6.45) is 4.55. The summed E-state index contributed by atoms with van der Waals surface area (Å²) in [5.74, 6) is -2.55. The van der Waals surface area contributed by atoms with Gasteiger partial charge in [-0.1, -0.05) is 12.8 Å². The van der Waals surface area contributed by atoms with Crippen molar-refractivity contribution in [3.63, 3.8) is 0 Å². The Balaban J connectivity index is 1.82. The molecule has 2 N–H and O–H groups in total. The van der Waals surface area contributed by atoms with Gasteiger partial charge in [0.25, 0.3) is 0 Å². The van der Waals surface area contributed by atoms with E-state index in [2.05, 4.69) is 20.6 Å². The summed E-state index contributed by atoms with van der Waals surface area (Å²) < 4.78 is 40.0. The van der Waals surface area contributed by atoms with Crippen LogP contribution in [0.3, 0.4) is 0 Å². The maximum atomic E-state index is 13.7. The largest absolute Gasteiger partial charge is 0.367 e. The molecule has 23 heavy (non-hydrogen) atoms. The minimum atomic E-state index is -1.51. The fourth-order valence-corrected chi connectivity index (χ4v) is 2.75. The quantitative estimate of drug-likeness (QED) is 0.824. The smallest absolute Gasteiger partial charge is 0.196 e. The van der Waals surface area contributed by atoms with Gasteiger partial charge in [-0.2, -0.15) is 0 Å². The van der Waals surface area contributed by atoms with Gasteiger partial charge in [0, 0.05) is 12.1 Å². The summed E-state index contributed by atoms with van der Waals surface area (Å²) in [5, 5.41) is 6.00. The minimum absolute atomic E-state index is 0.172. The molecule has 1 heterocycles. The summed E-state index contributed by atoms with van der Waals surface area (Å²) in [4.78, 5) is 8.45. The van der Waals surface area contributed by atoms with Gasteiger partial charge in [-0.25, -0.2) is 23.1 Å². The maximum absolute atomic E-state index is 13.7. The number of hydrogen-bond donors (Lipinski definition) is 2. The second-order valence-electron chi connectivity index (χ2n) is 5.66. The van der Waals surface area contributed by atoms with Gasteiger partial charge in [0.15, 0.2) is 17.5 Å². The summed E-state index contributed by atoms with van der Waals surface area (Å²) in [7, 11) is 0. The highest BCUT2D eigenvalue weighted by molar-refractivity contribution is 5.60. The summed E-state index contributed by atoms with van der Waals surface area (Å²) in [6, 6.07) is 4.01. The van der Waals surface area contributed by atoms with E-state index in [1.165, 1.54) is 12.8 Å². The lowest BCUT2D eigenvalue weighted by atomic mass is 10.2. The third-order valence-corrected chi connectivity index (χ3v) is 3.84. The Kier molecular flexibility index (Phi) is 4.36. The number of nitrogens with one attached hydrogen (secondary N) is 2. The van der Waals surface area contributed by atoms with E-state index in [4.69, 9.17) is 0 Å². The van der Waals surface area contributed by atoms with Crippen LogP contribution in [0, 0.1) is 24.4 Å². The SMILES string of the molecule is Cc1nc(Nc2ccc(F)c(F)c2F)cc(NC2CCCC2)n1. The van der Waals surface area contributed by atoms with Crippen molar-refractivity contribution in [1.29, 1.82) is 0 Å². The first-order chi connectivity index (χ1) is 11.0. The first kappa shape index (κ1) is 15.6. The van der Waals surface area contributed by atoms with E-state index in [-0.39, 0.29) is 5.69 Å². The van der Waals surface area contributed by atoms with Crippen LogP contribution in [0.1, 0.15) is 31.5 Å². The molecule has 0 saturated heterocycles. The first-order valence-electron chi connectivity index (χ1n) is 7.55. The van der Waals surface area contributed by atoms with Crippen LogP contribution in [-0.4, -0.2) is 16.0 Å². The van der Waals surface area contributed by atoms with Crippen molar-refractivity contribution in [2.75, 3.05) is 10.6 Å². The molecule has 0 atom stereocenters. The van der Waals surface area contributed by atoms with Crippen molar-refractivity contribution in [3.8, 4) is 0 Å². The van der Waals surface area contributed by atoms with Gasteiger partial charge in [-0.15, -0.1) is 0 Å². The fraction of sp³-hybridized carbons (Fsp3) is 0.375. The number of aromatic nitrogens is 2. The molecule has 1 aliphatic carbocycles. The van der Waals surface area contributed by atoms with Crippen LogP contribution in [0.25, 0.3) is 0 Å². The highest BCUT2D eigenvalue weighted by atomic mass is 19.2. The molecule has 0 spiro atoms. The van der Waals surface area contributed by atoms with Gasteiger partial charge in [-0.3, -0.25) is 0 Å². The number of benzene rings is 1. The molecule has 3 rings (SSSR count). The third kappa shape index (κ3) is 3.55. The Hall–Kier alpha value is -2.31. The highest BCUT2D eigenvalue weighted by Crippen LogP contribution is 2.25. The molecule has 0 aliphatic heterocycles. The second-order valence-corrected chi connectivity index (χ2v) is 5.66.